The monoisotopic (exact) mass is 278 g/mol. The summed E-state index contributed by atoms with van der Waals surface area (Å²) in [4.78, 5) is 12.0. The van der Waals surface area contributed by atoms with Crippen molar-refractivity contribution >= 4 is 17.7 Å². The van der Waals surface area contributed by atoms with E-state index in [-0.39, 0.29) is 11.9 Å². The second kappa shape index (κ2) is 5.83. The van der Waals surface area contributed by atoms with E-state index in [1.165, 1.54) is 11.1 Å². The Morgan fingerprint density at radius 2 is 2.05 bits per heavy atom. The molecule has 3 heteroatoms. The van der Waals surface area contributed by atoms with Gasteiger partial charge >= 0.3 is 0 Å². The molecule has 3 rings (SSSR count). The van der Waals surface area contributed by atoms with Gasteiger partial charge in [0, 0.05) is 11.8 Å². The summed E-state index contributed by atoms with van der Waals surface area (Å²) in [5.41, 5.74) is 9.91. The first kappa shape index (κ1) is 13.4. The molecule has 0 bridgehead atoms. The summed E-state index contributed by atoms with van der Waals surface area (Å²) in [5, 5.41) is 3.06. The number of anilines is 1. The van der Waals surface area contributed by atoms with Crippen molar-refractivity contribution in [3.05, 3.63) is 71.3 Å². The fourth-order valence-corrected chi connectivity index (χ4v) is 2.76. The minimum Gasteiger partial charge on any atom is -0.399 e. The zero-order valence-corrected chi connectivity index (χ0v) is 11.8. The molecule has 1 atom stereocenters. The Hall–Kier alpha value is -2.55. The molecule has 0 heterocycles. The van der Waals surface area contributed by atoms with Crippen molar-refractivity contribution in [1.29, 1.82) is 0 Å². The summed E-state index contributed by atoms with van der Waals surface area (Å²) in [5.74, 6) is -0.0703. The molecule has 0 aliphatic heterocycles. The highest BCUT2D eigenvalue weighted by atomic mass is 16.1. The summed E-state index contributed by atoms with van der Waals surface area (Å²) >= 11 is 0. The topological polar surface area (TPSA) is 55.1 Å². The average molecular weight is 278 g/mol. The zero-order valence-electron chi connectivity index (χ0n) is 11.8. The van der Waals surface area contributed by atoms with E-state index < -0.39 is 0 Å². The molecule has 1 aliphatic rings. The van der Waals surface area contributed by atoms with Gasteiger partial charge in [0.25, 0.3) is 0 Å². The predicted molar refractivity (Wildman–Crippen MR) is 85.5 cm³/mol. The predicted octanol–water partition coefficient (Wildman–Crippen LogP) is 3.09. The third-order valence-electron chi connectivity index (χ3n) is 3.79. The van der Waals surface area contributed by atoms with E-state index in [2.05, 4.69) is 17.4 Å². The van der Waals surface area contributed by atoms with Gasteiger partial charge in [0.15, 0.2) is 0 Å². The number of benzene rings is 2. The van der Waals surface area contributed by atoms with Gasteiger partial charge in [0.2, 0.25) is 5.91 Å². The Kier molecular flexibility index (Phi) is 3.73. The fraction of sp³-hybridized carbons (Fsp3) is 0.167. The van der Waals surface area contributed by atoms with Crippen LogP contribution in [0.2, 0.25) is 0 Å². The number of carbonyl (C=O) groups is 1. The Labute approximate surface area is 124 Å². The van der Waals surface area contributed by atoms with E-state index >= 15 is 0 Å². The standard InChI is InChI=1S/C18H18N2O/c19-15-6-3-4-13(12-15)8-11-18(21)20-17-10-9-14-5-1-2-7-16(14)17/h1-8,11-12,17H,9-10,19H2,(H,20,21)/b11-8+. The summed E-state index contributed by atoms with van der Waals surface area (Å²) in [7, 11) is 0. The van der Waals surface area contributed by atoms with Crippen LogP contribution in [0.1, 0.15) is 29.2 Å². The number of nitrogens with two attached hydrogens (primary N) is 1. The van der Waals surface area contributed by atoms with Crippen molar-refractivity contribution in [3.8, 4) is 0 Å². The quantitative estimate of drug-likeness (QED) is 0.669. The first-order valence-electron chi connectivity index (χ1n) is 7.14. The van der Waals surface area contributed by atoms with Gasteiger partial charge in [-0.3, -0.25) is 4.79 Å². The summed E-state index contributed by atoms with van der Waals surface area (Å²) in [6.45, 7) is 0. The van der Waals surface area contributed by atoms with Gasteiger partial charge in [-0.05, 0) is 47.7 Å². The molecule has 2 aromatic rings. The maximum absolute atomic E-state index is 12.0. The highest BCUT2D eigenvalue weighted by molar-refractivity contribution is 5.92. The van der Waals surface area contributed by atoms with Crippen LogP contribution in [0, 0.1) is 0 Å². The molecule has 0 saturated heterocycles. The molecule has 0 fully saturated rings. The number of nitrogens with one attached hydrogen (secondary N) is 1. The largest absolute Gasteiger partial charge is 0.399 e. The number of amides is 1. The maximum Gasteiger partial charge on any atom is 0.244 e. The summed E-state index contributed by atoms with van der Waals surface area (Å²) < 4.78 is 0. The van der Waals surface area contributed by atoms with Crippen LogP contribution in [0.4, 0.5) is 5.69 Å². The second-order valence-electron chi connectivity index (χ2n) is 5.30. The van der Waals surface area contributed by atoms with E-state index in [1.54, 1.807) is 12.2 Å². The van der Waals surface area contributed by atoms with E-state index in [4.69, 9.17) is 5.73 Å². The van der Waals surface area contributed by atoms with Gasteiger partial charge in [-0.15, -0.1) is 0 Å². The van der Waals surface area contributed by atoms with Crippen molar-refractivity contribution in [2.45, 2.75) is 18.9 Å². The number of hydrogen-bond donors (Lipinski definition) is 2. The van der Waals surface area contributed by atoms with Crippen LogP contribution in [0.5, 0.6) is 0 Å². The van der Waals surface area contributed by atoms with Crippen LogP contribution in [-0.2, 0) is 11.2 Å². The average Bonchev–Trinajstić information content (AvgIpc) is 2.89. The van der Waals surface area contributed by atoms with Gasteiger partial charge in [-0.1, -0.05) is 36.4 Å². The smallest absolute Gasteiger partial charge is 0.244 e. The van der Waals surface area contributed by atoms with Crippen LogP contribution in [0.15, 0.2) is 54.6 Å². The molecule has 3 nitrogen and oxygen atoms in total. The SMILES string of the molecule is Nc1cccc(/C=C/C(=O)NC2CCc3ccccc32)c1. The molecule has 1 aliphatic carbocycles. The van der Waals surface area contributed by atoms with Gasteiger partial charge in [0.1, 0.15) is 0 Å². The van der Waals surface area contributed by atoms with E-state index in [9.17, 15) is 4.79 Å². The molecule has 0 radical (unpaired) electrons. The van der Waals surface area contributed by atoms with Gasteiger partial charge in [-0.25, -0.2) is 0 Å². The Morgan fingerprint density at radius 1 is 1.19 bits per heavy atom. The lowest BCUT2D eigenvalue weighted by molar-refractivity contribution is -0.117. The third-order valence-corrected chi connectivity index (χ3v) is 3.79. The Bertz CT molecular complexity index is 691. The molecule has 106 valence electrons. The molecule has 0 aromatic heterocycles. The summed E-state index contributed by atoms with van der Waals surface area (Å²) in [6.07, 6.45) is 5.35. The van der Waals surface area contributed by atoms with Crippen molar-refractivity contribution in [3.63, 3.8) is 0 Å². The minimum absolute atomic E-state index is 0.0703. The molecule has 1 amide bonds. The van der Waals surface area contributed by atoms with Crippen molar-refractivity contribution in [1.82, 2.24) is 5.32 Å². The van der Waals surface area contributed by atoms with E-state index in [0.29, 0.717) is 5.69 Å². The Balaban J connectivity index is 1.65. The molecule has 3 N–H and O–H groups in total. The van der Waals surface area contributed by atoms with Crippen LogP contribution in [0.3, 0.4) is 0 Å². The molecule has 2 aromatic carbocycles. The first-order valence-corrected chi connectivity index (χ1v) is 7.14. The number of nitrogen functional groups attached to an aromatic ring is 1. The van der Waals surface area contributed by atoms with Crippen LogP contribution >= 0.6 is 0 Å². The molecule has 0 saturated carbocycles. The third kappa shape index (κ3) is 3.14. The molecular formula is C18H18N2O. The van der Waals surface area contributed by atoms with Crippen molar-refractivity contribution in [2.75, 3.05) is 5.73 Å². The number of fused-ring (bicyclic) bond motifs is 1. The first-order chi connectivity index (χ1) is 10.2. The number of hydrogen-bond acceptors (Lipinski definition) is 2. The number of rotatable bonds is 3. The van der Waals surface area contributed by atoms with Gasteiger partial charge in [-0.2, -0.15) is 0 Å². The van der Waals surface area contributed by atoms with Crippen LogP contribution in [-0.4, -0.2) is 5.91 Å². The molecular weight excluding hydrogens is 260 g/mol. The normalized spacial score (nSPS) is 16.9. The molecule has 21 heavy (non-hydrogen) atoms. The fourth-order valence-electron chi connectivity index (χ4n) is 2.76. The Morgan fingerprint density at radius 3 is 2.90 bits per heavy atom. The highest BCUT2D eigenvalue weighted by Gasteiger charge is 2.22. The van der Waals surface area contributed by atoms with Crippen LogP contribution in [0.25, 0.3) is 6.08 Å². The highest BCUT2D eigenvalue weighted by Crippen LogP contribution is 2.30. The van der Waals surface area contributed by atoms with Crippen molar-refractivity contribution < 1.29 is 4.79 Å². The number of carbonyl (C=O) groups excluding carboxylic acids is 1. The van der Waals surface area contributed by atoms with Gasteiger partial charge < -0.3 is 11.1 Å². The number of aryl methyl sites for hydroxylation is 1. The van der Waals surface area contributed by atoms with Crippen LogP contribution < -0.4 is 11.1 Å². The van der Waals surface area contributed by atoms with E-state index in [0.717, 1.165) is 18.4 Å². The van der Waals surface area contributed by atoms with Gasteiger partial charge in [0.05, 0.1) is 6.04 Å². The maximum atomic E-state index is 12.0. The zero-order chi connectivity index (χ0) is 14.7. The van der Waals surface area contributed by atoms with Crippen molar-refractivity contribution in [2.24, 2.45) is 0 Å². The summed E-state index contributed by atoms with van der Waals surface area (Å²) in [6, 6.07) is 15.9. The minimum atomic E-state index is -0.0703. The lowest BCUT2D eigenvalue weighted by Gasteiger charge is -2.12. The second-order valence-corrected chi connectivity index (χ2v) is 5.30. The lowest BCUT2D eigenvalue weighted by Crippen LogP contribution is -2.25. The van der Waals surface area contributed by atoms with E-state index in [1.807, 2.05) is 36.4 Å². The molecule has 1 unspecified atom stereocenters. The molecule has 0 spiro atoms. The lowest BCUT2D eigenvalue weighted by atomic mass is 10.1.